The van der Waals surface area contributed by atoms with Gasteiger partial charge in [-0.3, -0.25) is 10.1 Å². The van der Waals surface area contributed by atoms with Crippen LogP contribution in [0.4, 0.5) is 5.69 Å². The predicted molar refractivity (Wildman–Crippen MR) is 88.2 cm³/mol. The van der Waals surface area contributed by atoms with Gasteiger partial charge in [-0.2, -0.15) is 0 Å². The van der Waals surface area contributed by atoms with Crippen molar-refractivity contribution in [2.45, 2.75) is 11.3 Å². The van der Waals surface area contributed by atoms with Gasteiger partial charge in [-0.05, 0) is 48.1 Å². The topological polar surface area (TPSA) is 56.0 Å². The van der Waals surface area contributed by atoms with Crippen LogP contribution in [0, 0.1) is 17.0 Å². The number of aryl methyl sites for hydroxylation is 1. The number of rotatable bonds is 3. The molecule has 21 heavy (non-hydrogen) atoms. The maximum Gasteiger partial charge on any atom is 0.269 e. The van der Waals surface area contributed by atoms with Gasteiger partial charge >= 0.3 is 0 Å². The molecule has 0 saturated carbocycles. The smallest absolute Gasteiger partial charge is 0.258 e. The number of thiazole rings is 1. The second kappa shape index (κ2) is 5.46. The summed E-state index contributed by atoms with van der Waals surface area (Å²) >= 11 is 3.33. The number of benzene rings is 2. The summed E-state index contributed by atoms with van der Waals surface area (Å²) in [4.78, 5) is 15.0. The van der Waals surface area contributed by atoms with Crippen molar-refractivity contribution in [2.75, 3.05) is 6.26 Å². The minimum atomic E-state index is -0.384. The fourth-order valence-corrected chi connectivity index (χ4v) is 3.81. The van der Waals surface area contributed by atoms with Gasteiger partial charge in [0.05, 0.1) is 15.1 Å². The van der Waals surface area contributed by atoms with Crippen molar-refractivity contribution in [1.29, 1.82) is 0 Å². The van der Waals surface area contributed by atoms with Crippen molar-refractivity contribution in [3.05, 3.63) is 52.1 Å². The van der Waals surface area contributed by atoms with Crippen LogP contribution >= 0.6 is 23.1 Å². The molecule has 0 saturated heterocycles. The average Bonchev–Trinajstić information content (AvgIpc) is 2.92. The Morgan fingerprint density at radius 1 is 1.19 bits per heavy atom. The van der Waals surface area contributed by atoms with Gasteiger partial charge in [0.2, 0.25) is 0 Å². The van der Waals surface area contributed by atoms with Gasteiger partial charge in [-0.25, -0.2) is 4.98 Å². The van der Waals surface area contributed by atoms with Crippen molar-refractivity contribution in [3.63, 3.8) is 0 Å². The molecular formula is C15H12N2O2S2. The zero-order valence-electron chi connectivity index (χ0n) is 11.5. The lowest BCUT2D eigenvalue weighted by Crippen LogP contribution is -1.89. The molecule has 6 heteroatoms. The number of non-ortho nitro benzene ring substituents is 1. The molecule has 0 atom stereocenters. The first-order valence-electron chi connectivity index (χ1n) is 6.29. The zero-order chi connectivity index (χ0) is 15.0. The highest BCUT2D eigenvalue weighted by Gasteiger charge is 2.11. The van der Waals surface area contributed by atoms with E-state index in [9.17, 15) is 10.1 Å². The summed E-state index contributed by atoms with van der Waals surface area (Å²) in [6.45, 7) is 2.04. The zero-order valence-corrected chi connectivity index (χ0v) is 13.1. The average molecular weight is 316 g/mol. The van der Waals surface area contributed by atoms with Gasteiger partial charge in [-0.15, -0.1) is 11.3 Å². The van der Waals surface area contributed by atoms with Gasteiger partial charge in [0.15, 0.2) is 4.34 Å². The molecule has 0 aliphatic carbocycles. The number of nitrogens with zero attached hydrogens (tertiary/aromatic N) is 2. The van der Waals surface area contributed by atoms with E-state index in [-0.39, 0.29) is 10.6 Å². The predicted octanol–water partition coefficient (Wildman–Crippen LogP) is 4.90. The van der Waals surface area contributed by atoms with E-state index in [1.165, 1.54) is 16.8 Å². The second-order valence-electron chi connectivity index (χ2n) is 4.57. The highest BCUT2D eigenvalue weighted by Crippen LogP contribution is 2.35. The van der Waals surface area contributed by atoms with Crippen molar-refractivity contribution in [3.8, 4) is 11.1 Å². The molecule has 0 aliphatic heterocycles. The molecule has 0 bridgehead atoms. The standard InChI is InChI=1S/C15H12N2O2S2/c1-9-12(10-3-5-11(6-4-10)17(18)19)7-8-13-14(9)16-15(20-2)21-13/h3-8H,1-2H3. The van der Waals surface area contributed by atoms with Crippen molar-refractivity contribution >= 4 is 39.0 Å². The number of hydrogen-bond donors (Lipinski definition) is 0. The highest BCUT2D eigenvalue weighted by molar-refractivity contribution is 8.00. The summed E-state index contributed by atoms with van der Waals surface area (Å²) < 4.78 is 2.22. The van der Waals surface area contributed by atoms with Gasteiger partial charge < -0.3 is 0 Å². The normalized spacial score (nSPS) is 11.0. The van der Waals surface area contributed by atoms with E-state index < -0.39 is 0 Å². The molecule has 0 unspecified atom stereocenters. The van der Waals surface area contributed by atoms with E-state index in [1.54, 1.807) is 35.2 Å². The molecule has 3 rings (SSSR count). The van der Waals surface area contributed by atoms with Crippen LogP contribution in [-0.2, 0) is 0 Å². The Bertz CT molecular complexity index is 826. The summed E-state index contributed by atoms with van der Waals surface area (Å²) in [5.74, 6) is 0. The van der Waals surface area contributed by atoms with Crippen molar-refractivity contribution in [2.24, 2.45) is 0 Å². The van der Waals surface area contributed by atoms with Crippen molar-refractivity contribution in [1.82, 2.24) is 4.98 Å². The van der Waals surface area contributed by atoms with Gasteiger partial charge in [0.25, 0.3) is 5.69 Å². The highest BCUT2D eigenvalue weighted by atomic mass is 32.2. The lowest BCUT2D eigenvalue weighted by atomic mass is 10.00. The van der Waals surface area contributed by atoms with Crippen LogP contribution < -0.4 is 0 Å². The van der Waals surface area contributed by atoms with Gasteiger partial charge in [0, 0.05) is 12.1 Å². The van der Waals surface area contributed by atoms with E-state index in [1.807, 2.05) is 13.2 Å². The molecule has 4 nitrogen and oxygen atoms in total. The summed E-state index contributed by atoms with van der Waals surface area (Å²) in [7, 11) is 0. The summed E-state index contributed by atoms with van der Waals surface area (Å²) in [6.07, 6.45) is 2.02. The number of nitro benzene ring substituents is 1. The number of fused-ring (bicyclic) bond motifs is 1. The monoisotopic (exact) mass is 316 g/mol. The Morgan fingerprint density at radius 2 is 1.90 bits per heavy atom. The number of hydrogen-bond acceptors (Lipinski definition) is 5. The van der Waals surface area contributed by atoms with E-state index >= 15 is 0 Å². The van der Waals surface area contributed by atoms with Crippen LogP contribution in [0.2, 0.25) is 0 Å². The number of nitro groups is 1. The third kappa shape index (κ3) is 2.52. The minimum absolute atomic E-state index is 0.107. The first kappa shape index (κ1) is 14.0. The lowest BCUT2D eigenvalue weighted by Gasteiger charge is -2.06. The fraction of sp³-hybridized carbons (Fsp3) is 0.133. The number of aromatic nitrogens is 1. The second-order valence-corrected chi connectivity index (χ2v) is 6.66. The molecule has 0 N–H and O–H groups in total. The molecule has 1 heterocycles. The van der Waals surface area contributed by atoms with Gasteiger partial charge in [-0.1, -0.05) is 17.8 Å². The molecule has 0 fully saturated rings. The van der Waals surface area contributed by atoms with Crippen LogP contribution in [-0.4, -0.2) is 16.2 Å². The molecule has 0 aliphatic rings. The fourth-order valence-electron chi connectivity index (χ4n) is 2.27. The molecule has 2 aromatic carbocycles. The molecule has 0 radical (unpaired) electrons. The molecule has 0 spiro atoms. The Morgan fingerprint density at radius 3 is 2.52 bits per heavy atom. The Balaban J connectivity index is 2.11. The van der Waals surface area contributed by atoms with Crippen molar-refractivity contribution < 1.29 is 4.92 Å². The number of thioether (sulfide) groups is 1. The summed E-state index contributed by atoms with van der Waals surface area (Å²) in [6, 6.07) is 10.8. The van der Waals surface area contributed by atoms with E-state index in [4.69, 9.17) is 0 Å². The van der Waals surface area contributed by atoms with E-state index in [0.717, 1.165) is 26.5 Å². The Kier molecular flexibility index (Phi) is 3.65. The van der Waals surface area contributed by atoms with Gasteiger partial charge in [0.1, 0.15) is 0 Å². The minimum Gasteiger partial charge on any atom is -0.258 e. The van der Waals surface area contributed by atoms with E-state index in [2.05, 4.69) is 17.1 Å². The van der Waals surface area contributed by atoms with Crippen LogP contribution in [0.3, 0.4) is 0 Å². The van der Waals surface area contributed by atoms with Crippen LogP contribution in [0.25, 0.3) is 21.3 Å². The molecule has 3 aromatic rings. The summed E-state index contributed by atoms with van der Waals surface area (Å²) in [5.41, 5.74) is 4.27. The molecule has 0 amide bonds. The van der Waals surface area contributed by atoms with Crippen LogP contribution in [0.15, 0.2) is 40.7 Å². The third-order valence-electron chi connectivity index (χ3n) is 3.36. The SMILES string of the molecule is CSc1nc2c(C)c(-c3ccc([N+](=O)[O-])cc3)ccc2s1. The largest absolute Gasteiger partial charge is 0.269 e. The maximum absolute atomic E-state index is 10.7. The molecule has 106 valence electrons. The third-order valence-corrected chi connectivity index (χ3v) is 5.36. The first-order valence-corrected chi connectivity index (χ1v) is 8.33. The Labute approximate surface area is 130 Å². The maximum atomic E-state index is 10.7. The quantitative estimate of drug-likeness (QED) is 0.392. The Hall–Kier alpha value is -1.92. The van der Waals surface area contributed by atoms with Crippen LogP contribution in [0.1, 0.15) is 5.56 Å². The molecular weight excluding hydrogens is 304 g/mol. The van der Waals surface area contributed by atoms with E-state index in [0.29, 0.717) is 0 Å². The van der Waals surface area contributed by atoms with Crippen LogP contribution in [0.5, 0.6) is 0 Å². The first-order chi connectivity index (χ1) is 10.1. The summed E-state index contributed by atoms with van der Waals surface area (Å²) in [5, 5.41) is 10.7. The lowest BCUT2D eigenvalue weighted by molar-refractivity contribution is -0.384. The molecule has 1 aromatic heterocycles.